The van der Waals surface area contributed by atoms with Crippen molar-refractivity contribution in [2.24, 2.45) is 0 Å². The number of amides is 1. The maximum atomic E-state index is 11.4. The van der Waals surface area contributed by atoms with E-state index in [2.05, 4.69) is 38.1 Å². The number of benzene rings is 1. The molecule has 0 radical (unpaired) electrons. The second-order valence-electron chi connectivity index (χ2n) is 4.53. The van der Waals surface area contributed by atoms with E-state index in [1.54, 1.807) is 6.92 Å². The molecule has 1 aromatic rings. The van der Waals surface area contributed by atoms with Crippen LogP contribution in [0, 0.1) is 0 Å². The summed E-state index contributed by atoms with van der Waals surface area (Å²) in [6.07, 6.45) is 3.13. The average Bonchev–Trinajstić information content (AvgIpc) is 2.59. The Kier molecular flexibility index (Phi) is 2.82. The number of carbonyl (C=O) groups excluding carboxylic acids is 1. The Morgan fingerprint density at radius 3 is 2.69 bits per heavy atom. The van der Waals surface area contributed by atoms with Crippen LogP contribution in [0.15, 0.2) is 23.8 Å². The minimum absolute atomic E-state index is 0.133. The van der Waals surface area contributed by atoms with Crippen molar-refractivity contribution in [3.63, 3.8) is 0 Å². The second kappa shape index (κ2) is 4.12. The van der Waals surface area contributed by atoms with Gasteiger partial charge in [0.2, 0.25) is 5.91 Å². The normalized spacial score (nSPS) is 13.6. The van der Waals surface area contributed by atoms with E-state index in [0.29, 0.717) is 0 Å². The molecule has 0 atom stereocenters. The summed E-state index contributed by atoms with van der Waals surface area (Å²) in [4.78, 5) is 13.2. The molecule has 2 heteroatoms. The molecule has 0 N–H and O–H groups in total. The lowest BCUT2D eigenvalue weighted by atomic mass is 10.1. The molecule has 2 nitrogen and oxygen atoms in total. The molecule has 1 amide bonds. The average molecular weight is 215 g/mol. The second-order valence-corrected chi connectivity index (χ2v) is 4.53. The van der Waals surface area contributed by atoms with Gasteiger partial charge in [0, 0.05) is 19.2 Å². The summed E-state index contributed by atoms with van der Waals surface area (Å²) in [6.45, 7) is 6.63. The minimum atomic E-state index is 0.133. The summed E-state index contributed by atoms with van der Waals surface area (Å²) in [5.41, 5.74) is 4.88. The molecule has 1 aliphatic heterocycles. The van der Waals surface area contributed by atoms with Crippen molar-refractivity contribution in [2.75, 3.05) is 11.4 Å². The van der Waals surface area contributed by atoms with Crippen LogP contribution in [0.2, 0.25) is 0 Å². The smallest absolute Gasteiger partial charge is 0.223 e. The number of hydrogen-bond acceptors (Lipinski definition) is 1. The highest BCUT2D eigenvalue weighted by Crippen LogP contribution is 2.29. The Balaban J connectivity index is 2.36. The van der Waals surface area contributed by atoms with Crippen LogP contribution >= 0.6 is 0 Å². The van der Waals surface area contributed by atoms with E-state index in [1.165, 1.54) is 16.7 Å². The molecule has 1 aliphatic rings. The first-order chi connectivity index (χ1) is 7.58. The van der Waals surface area contributed by atoms with Crippen LogP contribution in [0.4, 0.5) is 5.69 Å². The van der Waals surface area contributed by atoms with Crippen LogP contribution in [0.3, 0.4) is 0 Å². The van der Waals surface area contributed by atoms with Crippen LogP contribution < -0.4 is 4.90 Å². The van der Waals surface area contributed by atoms with Gasteiger partial charge in [0.1, 0.15) is 0 Å². The zero-order chi connectivity index (χ0) is 11.7. The molecule has 0 spiro atoms. The van der Waals surface area contributed by atoms with Gasteiger partial charge in [-0.2, -0.15) is 0 Å². The third kappa shape index (κ3) is 2.01. The summed E-state index contributed by atoms with van der Waals surface area (Å²) in [7, 11) is 0. The van der Waals surface area contributed by atoms with Crippen molar-refractivity contribution in [3.8, 4) is 0 Å². The van der Waals surface area contributed by atoms with Gasteiger partial charge in [-0.3, -0.25) is 4.79 Å². The van der Waals surface area contributed by atoms with Crippen LogP contribution in [0.5, 0.6) is 0 Å². The number of anilines is 1. The molecule has 0 saturated carbocycles. The molecule has 0 bridgehead atoms. The zero-order valence-corrected chi connectivity index (χ0v) is 10.1. The van der Waals surface area contributed by atoms with Gasteiger partial charge in [-0.05, 0) is 43.5 Å². The number of rotatable bonds is 1. The Labute approximate surface area is 96.6 Å². The van der Waals surface area contributed by atoms with Gasteiger partial charge in [-0.15, -0.1) is 0 Å². The van der Waals surface area contributed by atoms with E-state index < -0.39 is 0 Å². The Morgan fingerprint density at radius 2 is 2.06 bits per heavy atom. The fourth-order valence-corrected chi connectivity index (χ4v) is 2.17. The van der Waals surface area contributed by atoms with E-state index in [9.17, 15) is 4.79 Å². The lowest BCUT2D eigenvalue weighted by Gasteiger charge is -2.14. The van der Waals surface area contributed by atoms with E-state index in [0.717, 1.165) is 18.7 Å². The first-order valence-electron chi connectivity index (χ1n) is 5.64. The molecule has 1 heterocycles. The quantitative estimate of drug-likeness (QED) is 0.705. The van der Waals surface area contributed by atoms with Crippen LogP contribution in [0.1, 0.15) is 31.9 Å². The minimum Gasteiger partial charge on any atom is -0.312 e. The summed E-state index contributed by atoms with van der Waals surface area (Å²) in [5.74, 6) is 0.133. The number of allylic oxidation sites excluding steroid dienone is 1. The topological polar surface area (TPSA) is 20.3 Å². The molecule has 16 heavy (non-hydrogen) atoms. The highest BCUT2D eigenvalue weighted by molar-refractivity contribution is 5.93. The molecule has 0 aromatic heterocycles. The Bertz CT molecular complexity index is 456. The molecular weight excluding hydrogens is 198 g/mol. The monoisotopic (exact) mass is 215 g/mol. The highest BCUT2D eigenvalue weighted by Gasteiger charge is 2.21. The molecule has 0 fully saturated rings. The maximum Gasteiger partial charge on any atom is 0.223 e. The van der Waals surface area contributed by atoms with Gasteiger partial charge in [0.15, 0.2) is 0 Å². The molecule has 0 unspecified atom stereocenters. The first kappa shape index (κ1) is 10.9. The summed E-state index contributed by atoms with van der Waals surface area (Å²) in [6, 6.07) is 6.32. The van der Waals surface area contributed by atoms with Gasteiger partial charge in [-0.1, -0.05) is 17.7 Å². The van der Waals surface area contributed by atoms with E-state index in [-0.39, 0.29) is 5.91 Å². The zero-order valence-electron chi connectivity index (χ0n) is 10.1. The van der Waals surface area contributed by atoms with Gasteiger partial charge < -0.3 is 4.90 Å². The van der Waals surface area contributed by atoms with Crippen molar-refractivity contribution in [1.82, 2.24) is 0 Å². The molecule has 0 saturated heterocycles. The molecular formula is C14H17NO. The number of carbonyl (C=O) groups is 1. The Morgan fingerprint density at radius 1 is 1.31 bits per heavy atom. The van der Waals surface area contributed by atoms with Crippen LogP contribution in [-0.4, -0.2) is 12.5 Å². The lowest BCUT2D eigenvalue weighted by Crippen LogP contribution is -2.25. The van der Waals surface area contributed by atoms with Crippen LogP contribution in [-0.2, 0) is 11.2 Å². The molecule has 1 aromatic carbocycles. The SMILES string of the molecule is CC(=O)N1CCc2cc(C=C(C)C)ccc21. The van der Waals surface area contributed by atoms with Crippen molar-refractivity contribution >= 4 is 17.7 Å². The predicted molar refractivity (Wildman–Crippen MR) is 67.5 cm³/mol. The van der Waals surface area contributed by atoms with E-state index >= 15 is 0 Å². The highest BCUT2D eigenvalue weighted by atomic mass is 16.2. The first-order valence-corrected chi connectivity index (χ1v) is 5.64. The number of nitrogens with zero attached hydrogens (tertiary/aromatic N) is 1. The molecule has 2 rings (SSSR count). The number of fused-ring (bicyclic) bond motifs is 1. The Hall–Kier alpha value is -1.57. The van der Waals surface area contributed by atoms with Crippen molar-refractivity contribution in [2.45, 2.75) is 27.2 Å². The number of hydrogen-bond donors (Lipinski definition) is 0. The van der Waals surface area contributed by atoms with Gasteiger partial charge in [-0.25, -0.2) is 0 Å². The van der Waals surface area contributed by atoms with Crippen molar-refractivity contribution in [3.05, 3.63) is 34.9 Å². The largest absolute Gasteiger partial charge is 0.312 e. The van der Waals surface area contributed by atoms with E-state index in [1.807, 2.05) is 4.90 Å². The molecule has 0 aliphatic carbocycles. The van der Waals surface area contributed by atoms with Crippen molar-refractivity contribution < 1.29 is 4.79 Å². The van der Waals surface area contributed by atoms with E-state index in [4.69, 9.17) is 0 Å². The standard InChI is InChI=1S/C14H17NO/c1-10(2)8-12-4-5-14-13(9-12)6-7-15(14)11(3)16/h4-5,8-9H,6-7H2,1-3H3. The van der Waals surface area contributed by atoms with Gasteiger partial charge in [0.25, 0.3) is 0 Å². The fourth-order valence-electron chi connectivity index (χ4n) is 2.17. The third-order valence-corrected chi connectivity index (χ3v) is 2.83. The summed E-state index contributed by atoms with van der Waals surface area (Å²) < 4.78 is 0. The maximum absolute atomic E-state index is 11.4. The fraction of sp³-hybridized carbons (Fsp3) is 0.357. The van der Waals surface area contributed by atoms with Crippen LogP contribution in [0.25, 0.3) is 6.08 Å². The van der Waals surface area contributed by atoms with Gasteiger partial charge >= 0.3 is 0 Å². The third-order valence-electron chi connectivity index (χ3n) is 2.83. The summed E-state index contributed by atoms with van der Waals surface area (Å²) in [5, 5.41) is 0. The summed E-state index contributed by atoms with van der Waals surface area (Å²) >= 11 is 0. The lowest BCUT2D eigenvalue weighted by molar-refractivity contribution is -0.116. The van der Waals surface area contributed by atoms with Crippen molar-refractivity contribution in [1.29, 1.82) is 0 Å². The van der Waals surface area contributed by atoms with Gasteiger partial charge in [0.05, 0.1) is 0 Å². The molecule has 84 valence electrons. The predicted octanol–water partition coefficient (Wildman–Crippen LogP) is 3.02.